The van der Waals surface area contributed by atoms with Gasteiger partial charge in [-0.2, -0.15) is 0 Å². The Bertz CT molecular complexity index is 597. The molecule has 1 saturated heterocycles. The van der Waals surface area contributed by atoms with Gasteiger partial charge in [-0.25, -0.2) is 0 Å². The van der Waals surface area contributed by atoms with Gasteiger partial charge in [0, 0.05) is 18.8 Å². The van der Waals surface area contributed by atoms with Crippen LogP contribution in [0.3, 0.4) is 0 Å². The molecule has 3 heteroatoms. The molecule has 0 saturated carbocycles. The van der Waals surface area contributed by atoms with E-state index in [-0.39, 0.29) is 17.7 Å². The Morgan fingerprint density at radius 1 is 1.05 bits per heavy atom. The van der Waals surface area contributed by atoms with Gasteiger partial charge < -0.3 is 10.6 Å². The van der Waals surface area contributed by atoms with Gasteiger partial charge in [0.15, 0.2) is 0 Å². The maximum Gasteiger partial charge on any atom is 0.225 e. The highest BCUT2D eigenvalue weighted by molar-refractivity contribution is 5.82. The van der Waals surface area contributed by atoms with Crippen LogP contribution in [0.25, 0.3) is 0 Å². The summed E-state index contributed by atoms with van der Waals surface area (Å²) in [6, 6.07) is 20.2. The molecule has 0 aliphatic carbocycles. The van der Waals surface area contributed by atoms with Crippen LogP contribution in [0.4, 0.5) is 5.69 Å². The zero-order chi connectivity index (χ0) is 14.7. The molecule has 1 fully saturated rings. The number of carbonyl (C=O) groups is 1. The average Bonchev–Trinajstić information content (AvgIpc) is 2.98. The molecule has 21 heavy (non-hydrogen) atoms. The first-order valence-electron chi connectivity index (χ1n) is 7.40. The quantitative estimate of drug-likeness (QED) is 0.936. The second kappa shape index (κ2) is 6.00. The van der Waals surface area contributed by atoms with Crippen LogP contribution in [-0.2, 0) is 4.79 Å². The molecule has 3 nitrogen and oxygen atoms in total. The van der Waals surface area contributed by atoms with E-state index in [4.69, 9.17) is 5.73 Å². The summed E-state index contributed by atoms with van der Waals surface area (Å²) in [5.41, 5.74) is 7.93. The summed E-state index contributed by atoms with van der Waals surface area (Å²) >= 11 is 0. The Kier molecular flexibility index (Phi) is 3.91. The number of nitrogens with two attached hydrogens (primary N) is 1. The number of anilines is 1. The molecule has 2 aromatic carbocycles. The maximum absolute atomic E-state index is 11.9. The Labute approximate surface area is 125 Å². The summed E-state index contributed by atoms with van der Waals surface area (Å²) in [6.45, 7) is 1.86. The van der Waals surface area contributed by atoms with Crippen LogP contribution in [0, 0.1) is 5.92 Å². The molecule has 1 aliphatic rings. The van der Waals surface area contributed by atoms with E-state index in [0.29, 0.717) is 0 Å². The number of amides is 1. The Morgan fingerprint density at radius 2 is 1.67 bits per heavy atom. The molecule has 108 valence electrons. The van der Waals surface area contributed by atoms with Crippen molar-refractivity contribution in [2.24, 2.45) is 11.7 Å². The third-order valence-electron chi connectivity index (χ3n) is 4.28. The maximum atomic E-state index is 11.9. The average molecular weight is 280 g/mol. The highest BCUT2D eigenvalue weighted by atomic mass is 16.1. The van der Waals surface area contributed by atoms with Gasteiger partial charge in [-0.05, 0) is 30.0 Å². The molecule has 1 heterocycles. The SMILES string of the molecule is NC(=O)C(c1ccccc1)C1CCN(c2ccccc2)C1. The van der Waals surface area contributed by atoms with E-state index in [9.17, 15) is 4.79 Å². The van der Waals surface area contributed by atoms with Gasteiger partial charge in [0.25, 0.3) is 0 Å². The first kappa shape index (κ1) is 13.7. The van der Waals surface area contributed by atoms with Crippen molar-refractivity contribution in [3.8, 4) is 0 Å². The molecule has 1 aliphatic heterocycles. The number of carbonyl (C=O) groups excluding carboxylic acids is 1. The van der Waals surface area contributed by atoms with E-state index in [1.54, 1.807) is 0 Å². The molecule has 3 rings (SSSR count). The van der Waals surface area contributed by atoms with E-state index < -0.39 is 0 Å². The number of hydrogen-bond acceptors (Lipinski definition) is 2. The van der Waals surface area contributed by atoms with Crippen molar-refractivity contribution in [2.75, 3.05) is 18.0 Å². The van der Waals surface area contributed by atoms with Gasteiger partial charge in [0.05, 0.1) is 5.92 Å². The smallest absolute Gasteiger partial charge is 0.225 e. The molecule has 0 bridgehead atoms. The van der Waals surface area contributed by atoms with E-state index in [1.807, 2.05) is 48.5 Å². The summed E-state index contributed by atoms with van der Waals surface area (Å²) in [5, 5.41) is 0. The second-order valence-electron chi connectivity index (χ2n) is 5.62. The molecule has 1 amide bonds. The van der Waals surface area contributed by atoms with Gasteiger partial charge >= 0.3 is 0 Å². The fraction of sp³-hybridized carbons (Fsp3) is 0.278. The van der Waals surface area contributed by atoms with Gasteiger partial charge in [-0.1, -0.05) is 48.5 Å². The predicted octanol–water partition coefficient (Wildman–Crippen LogP) is 2.78. The van der Waals surface area contributed by atoms with Crippen molar-refractivity contribution in [2.45, 2.75) is 12.3 Å². The minimum atomic E-state index is -0.221. The lowest BCUT2D eigenvalue weighted by Gasteiger charge is -2.23. The highest BCUT2D eigenvalue weighted by Crippen LogP contribution is 2.33. The van der Waals surface area contributed by atoms with E-state index >= 15 is 0 Å². The first-order chi connectivity index (χ1) is 10.3. The third-order valence-corrected chi connectivity index (χ3v) is 4.28. The predicted molar refractivity (Wildman–Crippen MR) is 85.1 cm³/mol. The summed E-state index contributed by atoms with van der Waals surface area (Å²) < 4.78 is 0. The summed E-state index contributed by atoms with van der Waals surface area (Å²) in [4.78, 5) is 14.3. The monoisotopic (exact) mass is 280 g/mol. The van der Waals surface area contributed by atoms with Crippen molar-refractivity contribution in [3.05, 3.63) is 66.2 Å². The Balaban J connectivity index is 1.79. The zero-order valence-corrected chi connectivity index (χ0v) is 12.0. The molecule has 2 N–H and O–H groups in total. The van der Waals surface area contributed by atoms with Gasteiger partial charge in [-0.15, -0.1) is 0 Å². The standard InChI is InChI=1S/C18H20N2O/c19-18(21)17(14-7-3-1-4-8-14)15-11-12-20(13-15)16-9-5-2-6-10-16/h1-10,15,17H,11-13H2,(H2,19,21). The van der Waals surface area contributed by atoms with Gasteiger partial charge in [0.2, 0.25) is 5.91 Å². The second-order valence-corrected chi connectivity index (χ2v) is 5.62. The van der Waals surface area contributed by atoms with Crippen LogP contribution in [0.1, 0.15) is 17.9 Å². The van der Waals surface area contributed by atoms with Crippen LogP contribution in [0.15, 0.2) is 60.7 Å². The Morgan fingerprint density at radius 3 is 2.29 bits per heavy atom. The topological polar surface area (TPSA) is 46.3 Å². The molecule has 2 unspecified atom stereocenters. The van der Waals surface area contributed by atoms with Gasteiger partial charge in [0.1, 0.15) is 0 Å². The van der Waals surface area contributed by atoms with Crippen molar-refractivity contribution in [1.82, 2.24) is 0 Å². The minimum Gasteiger partial charge on any atom is -0.371 e. The fourth-order valence-corrected chi connectivity index (χ4v) is 3.26. The van der Waals surface area contributed by atoms with Crippen molar-refractivity contribution >= 4 is 11.6 Å². The minimum absolute atomic E-state index is 0.195. The first-order valence-corrected chi connectivity index (χ1v) is 7.40. The Hall–Kier alpha value is -2.29. The van der Waals surface area contributed by atoms with Crippen molar-refractivity contribution < 1.29 is 4.79 Å². The molecule has 2 aromatic rings. The lowest BCUT2D eigenvalue weighted by molar-refractivity contribution is -0.120. The number of para-hydroxylation sites is 1. The molecular weight excluding hydrogens is 260 g/mol. The number of nitrogens with zero attached hydrogens (tertiary/aromatic N) is 1. The molecule has 0 aromatic heterocycles. The van der Waals surface area contributed by atoms with E-state index in [2.05, 4.69) is 17.0 Å². The molecule has 2 atom stereocenters. The van der Waals surface area contributed by atoms with Gasteiger partial charge in [-0.3, -0.25) is 4.79 Å². The van der Waals surface area contributed by atoms with Crippen LogP contribution in [-0.4, -0.2) is 19.0 Å². The number of primary amides is 1. The largest absolute Gasteiger partial charge is 0.371 e. The fourth-order valence-electron chi connectivity index (χ4n) is 3.26. The number of rotatable bonds is 4. The molecule has 0 spiro atoms. The number of hydrogen-bond donors (Lipinski definition) is 1. The highest BCUT2D eigenvalue weighted by Gasteiger charge is 2.33. The van der Waals surface area contributed by atoms with Crippen LogP contribution < -0.4 is 10.6 Å². The number of benzene rings is 2. The van der Waals surface area contributed by atoms with E-state index in [1.165, 1.54) is 5.69 Å². The molecule has 0 radical (unpaired) electrons. The van der Waals surface area contributed by atoms with Crippen LogP contribution >= 0.6 is 0 Å². The van der Waals surface area contributed by atoms with E-state index in [0.717, 1.165) is 25.1 Å². The summed E-state index contributed by atoms with van der Waals surface area (Å²) in [6.07, 6.45) is 0.997. The lowest BCUT2D eigenvalue weighted by Crippen LogP contribution is -2.30. The van der Waals surface area contributed by atoms with Crippen molar-refractivity contribution in [3.63, 3.8) is 0 Å². The lowest BCUT2D eigenvalue weighted by atomic mass is 9.85. The summed E-state index contributed by atoms with van der Waals surface area (Å²) in [5.74, 6) is -0.133. The van der Waals surface area contributed by atoms with Crippen molar-refractivity contribution in [1.29, 1.82) is 0 Å². The van der Waals surface area contributed by atoms with Crippen LogP contribution in [0.2, 0.25) is 0 Å². The zero-order valence-electron chi connectivity index (χ0n) is 12.0. The molecular formula is C18H20N2O. The normalized spacial score (nSPS) is 19.4. The summed E-state index contributed by atoms with van der Waals surface area (Å²) in [7, 11) is 0. The third kappa shape index (κ3) is 2.92. The van der Waals surface area contributed by atoms with Crippen LogP contribution in [0.5, 0.6) is 0 Å².